The number of nitrogens with one attached hydrogen (secondary N) is 1. The van der Waals surface area contributed by atoms with E-state index < -0.39 is 17.4 Å². The Morgan fingerprint density at radius 1 is 0.889 bits per heavy atom. The van der Waals surface area contributed by atoms with Gasteiger partial charge in [0.15, 0.2) is 0 Å². The van der Waals surface area contributed by atoms with Crippen LogP contribution in [0.2, 0.25) is 0 Å². The van der Waals surface area contributed by atoms with E-state index >= 15 is 0 Å². The fourth-order valence-corrected chi connectivity index (χ4v) is 5.86. The van der Waals surface area contributed by atoms with Crippen molar-refractivity contribution in [3.05, 3.63) is 48.0 Å². The van der Waals surface area contributed by atoms with Crippen LogP contribution in [0.25, 0.3) is 0 Å². The van der Waals surface area contributed by atoms with Crippen LogP contribution >= 0.6 is 0 Å². The summed E-state index contributed by atoms with van der Waals surface area (Å²) in [5.74, 6) is -0.495. The molecule has 204 valence electrons. The third-order valence-electron chi connectivity index (χ3n) is 6.96. The van der Waals surface area contributed by atoms with Gasteiger partial charge in [0.25, 0.3) is 0 Å². The molecule has 1 aromatic rings. The summed E-state index contributed by atoms with van der Waals surface area (Å²) < 4.78 is 5.03. The zero-order chi connectivity index (χ0) is 27.6. The predicted molar refractivity (Wildman–Crippen MR) is 152 cm³/mol. The summed E-state index contributed by atoms with van der Waals surface area (Å²) in [5, 5.41) is 3.05. The average molecular weight is 500 g/mol. The van der Waals surface area contributed by atoms with Crippen LogP contribution in [-0.4, -0.2) is 25.0 Å². The van der Waals surface area contributed by atoms with Crippen molar-refractivity contribution < 1.29 is 14.3 Å². The molecule has 3 atom stereocenters. The number of carbonyl (C=O) groups is 2. The molecule has 0 aliphatic rings. The zero-order valence-electron chi connectivity index (χ0n) is 24.8. The SMILES string of the molecule is CCCC(C)(C=CC(C)(C)CC(C)(CCC)C(=O)NC(Cc1ccccc1)C(=O)OC)CC(C)(C)C. The van der Waals surface area contributed by atoms with Crippen molar-refractivity contribution in [1.29, 1.82) is 0 Å². The molecule has 0 saturated heterocycles. The van der Waals surface area contributed by atoms with Gasteiger partial charge in [-0.3, -0.25) is 4.79 Å². The third-order valence-corrected chi connectivity index (χ3v) is 6.96. The lowest BCUT2D eigenvalue weighted by Gasteiger charge is -2.38. The van der Waals surface area contributed by atoms with Crippen molar-refractivity contribution in [2.24, 2.45) is 21.7 Å². The highest BCUT2D eigenvalue weighted by Gasteiger charge is 2.39. The Labute approximate surface area is 221 Å². The highest BCUT2D eigenvalue weighted by Crippen LogP contribution is 2.42. The maximum atomic E-state index is 13.7. The smallest absolute Gasteiger partial charge is 0.328 e. The summed E-state index contributed by atoms with van der Waals surface area (Å²) in [6.45, 7) is 20.1. The van der Waals surface area contributed by atoms with Gasteiger partial charge in [-0.05, 0) is 47.5 Å². The summed E-state index contributed by atoms with van der Waals surface area (Å²) in [5.41, 5.74) is 0.587. The maximum Gasteiger partial charge on any atom is 0.328 e. The second kappa shape index (κ2) is 13.4. The van der Waals surface area contributed by atoms with Gasteiger partial charge >= 0.3 is 5.97 Å². The molecule has 1 amide bonds. The fraction of sp³-hybridized carbons (Fsp3) is 0.688. The predicted octanol–water partition coefficient (Wildman–Crippen LogP) is 7.91. The molecular formula is C32H53NO3. The van der Waals surface area contributed by atoms with Gasteiger partial charge in [-0.2, -0.15) is 0 Å². The van der Waals surface area contributed by atoms with E-state index in [4.69, 9.17) is 4.74 Å². The second-order valence-corrected chi connectivity index (χ2v) is 13.2. The molecule has 0 heterocycles. The molecule has 0 aromatic heterocycles. The van der Waals surface area contributed by atoms with Crippen LogP contribution in [0.5, 0.6) is 0 Å². The molecular weight excluding hydrogens is 446 g/mol. The molecule has 0 bridgehead atoms. The van der Waals surface area contributed by atoms with Gasteiger partial charge in [-0.15, -0.1) is 0 Å². The lowest BCUT2D eigenvalue weighted by atomic mass is 9.68. The lowest BCUT2D eigenvalue weighted by Crippen LogP contribution is -2.50. The quantitative estimate of drug-likeness (QED) is 0.209. The molecule has 0 saturated carbocycles. The Kier molecular flexibility index (Phi) is 11.9. The molecule has 1 rings (SSSR count). The van der Waals surface area contributed by atoms with E-state index in [0.717, 1.165) is 37.7 Å². The molecule has 36 heavy (non-hydrogen) atoms. The highest BCUT2D eigenvalue weighted by atomic mass is 16.5. The number of esters is 1. The Hall–Kier alpha value is -2.10. The van der Waals surface area contributed by atoms with Crippen LogP contribution in [0.1, 0.15) is 106 Å². The topological polar surface area (TPSA) is 55.4 Å². The van der Waals surface area contributed by atoms with Crippen molar-refractivity contribution in [2.45, 2.75) is 113 Å². The number of hydrogen-bond acceptors (Lipinski definition) is 3. The summed E-state index contributed by atoms with van der Waals surface area (Å²) in [6.07, 6.45) is 10.9. The van der Waals surface area contributed by atoms with E-state index in [0.29, 0.717) is 12.8 Å². The first kappa shape index (κ1) is 31.9. The van der Waals surface area contributed by atoms with E-state index in [2.05, 4.69) is 72.9 Å². The van der Waals surface area contributed by atoms with Crippen LogP contribution in [0.15, 0.2) is 42.5 Å². The van der Waals surface area contributed by atoms with Gasteiger partial charge in [0.2, 0.25) is 5.91 Å². The van der Waals surface area contributed by atoms with Gasteiger partial charge in [0.05, 0.1) is 7.11 Å². The molecule has 0 aliphatic carbocycles. The molecule has 4 nitrogen and oxygen atoms in total. The molecule has 0 spiro atoms. The molecule has 0 radical (unpaired) electrons. The molecule has 0 fully saturated rings. The van der Waals surface area contributed by atoms with Crippen LogP contribution in [0.3, 0.4) is 0 Å². The first-order valence-corrected chi connectivity index (χ1v) is 13.7. The number of benzene rings is 1. The van der Waals surface area contributed by atoms with Crippen molar-refractivity contribution in [1.82, 2.24) is 5.32 Å². The Morgan fingerprint density at radius 2 is 1.47 bits per heavy atom. The number of rotatable bonds is 14. The van der Waals surface area contributed by atoms with E-state index in [9.17, 15) is 9.59 Å². The minimum Gasteiger partial charge on any atom is -0.467 e. The van der Waals surface area contributed by atoms with E-state index in [1.54, 1.807) is 0 Å². The van der Waals surface area contributed by atoms with E-state index in [1.165, 1.54) is 7.11 Å². The standard InChI is InChI=1S/C32H53NO3/c1-11-18-31(8,23-29(3,4)5)21-20-30(6,7)24-32(9,19-12-2)28(35)33-26(27(34)36-10)22-25-16-14-13-15-17-25/h13-17,20-21,26H,11-12,18-19,22-24H2,1-10H3,(H,33,35). The lowest BCUT2D eigenvalue weighted by molar-refractivity contribution is -0.147. The average Bonchev–Trinajstić information content (AvgIpc) is 2.76. The highest BCUT2D eigenvalue weighted by molar-refractivity contribution is 5.88. The largest absolute Gasteiger partial charge is 0.467 e. The second-order valence-electron chi connectivity index (χ2n) is 13.2. The number of methoxy groups -OCH3 is 1. The zero-order valence-corrected chi connectivity index (χ0v) is 24.8. The molecule has 3 unspecified atom stereocenters. The van der Waals surface area contributed by atoms with Gasteiger partial charge in [0, 0.05) is 11.8 Å². The van der Waals surface area contributed by atoms with Crippen molar-refractivity contribution in [3.8, 4) is 0 Å². The van der Waals surface area contributed by atoms with Crippen LogP contribution in [0, 0.1) is 21.7 Å². The molecule has 1 N–H and O–H groups in total. The van der Waals surface area contributed by atoms with Crippen molar-refractivity contribution in [3.63, 3.8) is 0 Å². The van der Waals surface area contributed by atoms with E-state index in [1.807, 2.05) is 37.3 Å². The first-order valence-electron chi connectivity index (χ1n) is 13.7. The van der Waals surface area contributed by atoms with Crippen LogP contribution < -0.4 is 5.32 Å². The monoisotopic (exact) mass is 499 g/mol. The Morgan fingerprint density at radius 3 is 1.97 bits per heavy atom. The van der Waals surface area contributed by atoms with Crippen molar-refractivity contribution >= 4 is 11.9 Å². The fourth-order valence-electron chi connectivity index (χ4n) is 5.86. The van der Waals surface area contributed by atoms with Gasteiger partial charge in [0.1, 0.15) is 6.04 Å². The van der Waals surface area contributed by atoms with Crippen LogP contribution in [-0.2, 0) is 20.7 Å². The minimum atomic E-state index is -0.709. The first-order chi connectivity index (χ1) is 16.6. The Balaban J connectivity index is 3.14. The summed E-state index contributed by atoms with van der Waals surface area (Å²) in [4.78, 5) is 26.3. The number of allylic oxidation sites excluding steroid dienone is 2. The van der Waals surface area contributed by atoms with Crippen LogP contribution in [0.4, 0.5) is 0 Å². The van der Waals surface area contributed by atoms with E-state index in [-0.39, 0.29) is 22.2 Å². The normalized spacial score (nSPS) is 16.7. The maximum absolute atomic E-state index is 13.7. The minimum absolute atomic E-state index is 0.0804. The van der Waals surface area contributed by atoms with Gasteiger partial charge in [-0.25, -0.2) is 4.79 Å². The summed E-state index contributed by atoms with van der Waals surface area (Å²) in [7, 11) is 1.37. The third kappa shape index (κ3) is 10.9. The molecule has 1 aromatic carbocycles. The molecule has 0 aliphatic heterocycles. The molecule has 4 heteroatoms. The van der Waals surface area contributed by atoms with Crippen molar-refractivity contribution in [2.75, 3.05) is 7.11 Å². The number of amides is 1. The summed E-state index contributed by atoms with van der Waals surface area (Å²) in [6, 6.07) is 9.04. The number of carbonyl (C=O) groups excluding carboxylic acids is 2. The Bertz CT molecular complexity index is 852. The number of ether oxygens (including phenoxy) is 1. The summed E-state index contributed by atoms with van der Waals surface area (Å²) >= 11 is 0. The van der Waals surface area contributed by atoms with Gasteiger partial charge < -0.3 is 10.1 Å². The van der Waals surface area contributed by atoms with Gasteiger partial charge in [-0.1, -0.05) is 118 Å². The number of hydrogen-bond donors (Lipinski definition) is 1.